The Labute approximate surface area is 248 Å². The molecule has 1 aliphatic heterocycles. The van der Waals surface area contributed by atoms with Gasteiger partial charge in [-0.2, -0.15) is 0 Å². The maximum Gasteiger partial charge on any atom is 0.324 e. The zero-order valence-electron chi connectivity index (χ0n) is 21.2. The summed E-state index contributed by atoms with van der Waals surface area (Å²) in [4.78, 5) is 29.8. The van der Waals surface area contributed by atoms with Crippen LogP contribution in [-0.4, -0.2) is 29.8 Å². The van der Waals surface area contributed by atoms with Crippen LogP contribution in [0.1, 0.15) is 36.5 Å². The number of ether oxygens (including phenoxy) is 4. The third-order valence-electron chi connectivity index (χ3n) is 6.49. The fourth-order valence-corrected chi connectivity index (χ4v) is 6.00. The Balaban J connectivity index is 1.59. The summed E-state index contributed by atoms with van der Waals surface area (Å²) in [6.07, 6.45) is 1.81. The molecule has 0 amide bonds. The number of hydrogen-bond donors (Lipinski definition) is 1. The highest BCUT2D eigenvalue weighted by molar-refractivity contribution is 14.1. The standard InChI is InChI=1S/C29H24Cl2INO6/c1-29(2)38-27(34)25(28(35)39-29)24(19-13-33-22-7-5-4-6-18(19)22)16-10-21(32)26(23(11-16)36-3)37-14-15-8-9-17(30)12-20(15)31/h4-13,24-25,33H,14H2,1-3H3/t24-/m1/s1. The number of para-hydroxylation sites is 1. The molecule has 1 saturated heterocycles. The van der Waals surface area contributed by atoms with Crippen LogP contribution in [0.5, 0.6) is 11.5 Å². The van der Waals surface area contributed by atoms with Crippen LogP contribution < -0.4 is 9.47 Å². The van der Waals surface area contributed by atoms with Gasteiger partial charge in [-0.05, 0) is 64.0 Å². The fraction of sp³-hybridized carbons (Fsp3) is 0.241. The molecule has 1 N–H and O–H groups in total. The van der Waals surface area contributed by atoms with Gasteiger partial charge in [-0.15, -0.1) is 0 Å². The van der Waals surface area contributed by atoms with Gasteiger partial charge in [-0.1, -0.05) is 47.5 Å². The van der Waals surface area contributed by atoms with Crippen molar-refractivity contribution in [2.75, 3.05) is 7.11 Å². The van der Waals surface area contributed by atoms with E-state index in [-0.39, 0.29) is 6.61 Å². The summed E-state index contributed by atoms with van der Waals surface area (Å²) < 4.78 is 23.6. The summed E-state index contributed by atoms with van der Waals surface area (Å²) in [7, 11) is 1.53. The lowest BCUT2D eigenvalue weighted by atomic mass is 9.80. The van der Waals surface area contributed by atoms with Crippen LogP contribution >= 0.6 is 45.8 Å². The summed E-state index contributed by atoms with van der Waals surface area (Å²) in [6.45, 7) is 3.25. The predicted octanol–water partition coefficient (Wildman–Crippen LogP) is 7.25. The van der Waals surface area contributed by atoms with Gasteiger partial charge in [0.05, 0.1) is 10.7 Å². The minimum atomic E-state index is -1.35. The summed E-state index contributed by atoms with van der Waals surface area (Å²) in [6, 6.07) is 16.5. The molecule has 5 rings (SSSR count). The average molecular weight is 680 g/mol. The molecule has 3 aromatic carbocycles. The maximum atomic E-state index is 13.3. The molecule has 0 unspecified atom stereocenters. The van der Waals surface area contributed by atoms with Gasteiger partial charge >= 0.3 is 11.9 Å². The van der Waals surface area contributed by atoms with E-state index in [4.69, 9.17) is 42.1 Å². The molecule has 10 heteroatoms. The van der Waals surface area contributed by atoms with Gasteiger partial charge in [-0.3, -0.25) is 9.59 Å². The molecule has 0 radical (unpaired) electrons. The zero-order chi connectivity index (χ0) is 27.9. The van der Waals surface area contributed by atoms with E-state index in [0.717, 1.165) is 25.6 Å². The highest BCUT2D eigenvalue weighted by Crippen LogP contribution is 2.44. The molecule has 0 bridgehead atoms. The second-order valence-corrected chi connectivity index (χ2v) is 11.6. The van der Waals surface area contributed by atoms with Gasteiger partial charge in [0.2, 0.25) is 0 Å². The molecular formula is C29H24Cl2INO6. The van der Waals surface area contributed by atoms with Crippen LogP contribution in [0.3, 0.4) is 0 Å². The minimum Gasteiger partial charge on any atom is -0.493 e. The number of cyclic esters (lactones) is 2. The number of rotatable bonds is 7. The van der Waals surface area contributed by atoms with Gasteiger partial charge in [0.1, 0.15) is 6.61 Å². The molecule has 7 nitrogen and oxygen atoms in total. The normalized spacial score (nSPS) is 16.1. The molecule has 39 heavy (non-hydrogen) atoms. The SMILES string of the molecule is COc1cc([C@H](c2c[nH]c3ccccc23)C2C(=O)OC(C)(C)OC2=O)cc(I)c1OCc1ccc(Cl)cc1Cl. The van der Waals surface area contributed by atoms with Crippen molar-refractivity contribution in [3.8, 4) is 11.5 Å². The molecule has 0 saturated carbocycles. The number of aromatic nitrogens is 1. The predicted molar refractivity (Wildman–Crippen MR) is 156 cm³/mol. The number of benzene rings is 3. The van der Waals surface area contributed by atoms with Gasteiger partial charge < -0.3 is 23.9 Å². The first-order chi connectivity index (χ1) is 18.6. The largest absolute Gasteiger partial charge is 0.493 e. The molecule has 0 spiro atoms. The lowest BCUT2D eigenvalue weighted by Crippen LogP contribution is -2.48. The van der Waals surface area contributed by atoms with Gasteiger partial charge in [0.15, 0.2) is 17.4 Å². The number of fused-ring (bicyclic) bond motifs is 1. The molecule has 202 valence electrons. The van der Waals surface area contributed by atoms with E-state index in [1.807, 2.05) is 36.5 Å². The molecule has 1 atom stereocenters. The quantitative estimate of drug-likeness (QED) is 0.126. The van der Waals surface area contributed by atoms with Crippen molar-refractivity contribution in [2.24, 2.45) is 5.92 Å². The second kappa shape index (κ2) is 10.9. The molecule has 2 heterocycles. The number of esters is 2. The number of carbonyl (C=O) groups excluding carboxylic acids is 2. The number of halogens is 3. The van der Waals surface area contributed by atoms with Crippen LogP contribution in [0.25, 0.3) is 10.9 Å². The Hall–Kier alpha value is -2.95. The number of carbonyl (C=O) groups is 2. The van der Waals surface area contributed by atoms with Crippen molar-refractivity contribution in [3.63, 3.8) is 0 Å². The van der Waals surface area contributed by atoms with Gasteiger partial charge in [-0.25, -0.2) is 0 Å². The van der Waals surface area contributed by atoms with E-state index in [1.54, 1.807) is 24.3 Å². The third kappa shape index (κ3) is 5.55. The van der Waals surface area contributed by atoms with Crippen molar-refractivity contribution >= 4 is 68.6 Å². The van der Waals surface area contributed by atoms with Crippen molar-refractivity contribution in [3.05, 3.63) is 91.1 Å². The van der Waals surface area contributed by atoms with Gasteiger partial charge in [0, 0.05) is 52.5 Å². The number of H-pyrrole nitrogens is 1. The Bertz CT molecular complexity index is 1560. The first-order valence-corrected chi connectivity index (χ1v) is 13.9. The average Bonchev–Trinajstić information content (AvgIpc) is 3.29. The van der Waals surface area contributed by atoms with Crippen molar-refractivity contribution in [1.29, 1.82) is 0 Å². The summed E-state index contributed by atoms with van der Waals surface area (Å²) in [5, 5.41) is 1.90. The van der Waals surface area contributed by atoms with Crippen molar-refractivity contribution < 1.29 is 28.5 Å². The van der Waals surface area contributed by atoms with Crippen LogP contribution in [0.15, 0.2) is 60.8 Å². The summed E-state index contributed by atoms with van der Waals surface area (Å²) in [5.41, 5.74) is 3.05. The van der Waals surface area contributed by atoms with E-state index in [1.165, 1.54) is 21.0 Å². The first-order valence-electron chi connectivity index (χ1n) is 12.0. The number of hydrogen-bond acceptors (Lipinski definition) is 6. The number of methoxy groups -OCH3 is 1. The van der Waals surface area contributed by atoms with E-state index in [2.05, 4.69) is 27.6 Å². The van der Waals surface area contributed by atoms with E-state index >= 15 is 0 Å². The minimum absolute atomic E-state index is 0.184. The maximum absolute atomic E-state index is 13.3. The Kier molecular flexibility index (Phi) is 7.72. The van der Waals surface area contributed by atoms with Crippen LogP contribution in [0, 0.1) is 9.49 Å². The number of nitrogens with one attached hydrogen (secondary N) is 1. The zero-order valence-corrected chi connectivity index (χ0v) is 24.9. The second-order valence-electron chi connectivity index (χ2n) is 9.55. The number of aromatic amines is 1. The Morgan fingerprint density at radius 3 is 2.46 bits per heavy atom. The summed E-state index contributed by atoms with van der Waals surface area (Å²) in [5.74, 6) is -3.67. The van der Waals surface area contributed by atoms with E-state index < -0.39 is 29.6 Å². The van der Waals surface area contributed by atoms with Crippen molar-refractivity contribution in [1.82, 2.24) is 4.98 Å². The molecular weight excluding hydrogens is 656 g/mol. The van der Waals surface area contributed by atoms with Crippen LogP contribution in [0.4, 0.5) is 0 Å². The first kappa shape index (κ1) is 27.6. The third-order valence-corrected chi connectivity index (χ3v) is 7.88. The molecule has 1 aromatic heterocycles. The Morgan fingerprint density at radius 2 is 1.77 bits per heavy atom. The monoisotopic (exact) mass is 679 g/mol. The summed E-state index contributed by atoms with van der Waals surface area (Å²) >= 11 is 14.5. The molecule has 0 aliphatic carbocycles. The molecule has 4 aromatic rings. The molecule has 1 fully saturated rings. The highest BCUT2D eigenvalue weighted by Gasteiger charge is 2.49. The lowest BCUT2D eigenvalue weighted by Gasteiger charge is -2.36. The smallest absolute Gasteiger partial charge is 0.324 e. The van der Waals surface area contributed by atoms with E-state index in [9.17, 15) is 9.59 Å². The molecule has 1 aliphatic rings. The Morgan fingerprint density at radius 1 is 1.05 bits per heavy atom. The van der Waals surface area contributed by atoms with Crippen LogP contribution in [0.2, 0.25) is 10.0 Å². The topological polar surface area (TPSA) is 86.9 Å². The van der Waals surface area contributed by atoms with Gasteiger partial charge in [0.25, 0.3) is 5.79 Å². The van der Waals surface area contributed by atoms with Crippen molar-refractivity contribution in [2.45, 2.75) is 32.2 Å². The fourth-order valence-electron chi connectivity index (χ4n) is 4.75. The highest BCUT2D eigenvalue weighted by atomic mass is 127. The lowest BCUT2D eigenvalue weighted by molar-refractivity contribution is -0.240. The van der Waals surface area contributed by atoms with E-state index in [0.29, 0.717) is 27.1 Å². The van der Waals surface area contributed by atoms with Crippen LogP contribution in [-0.2, 0) is 25.7 Å².